The number of esters is 2. The van der Waals surface area contributed by atoms with Crippen molar-refractivity contribution < 1.29 is 19.1 Å². The molecule has 0 N–H and O–H groups in total. The van der Waals surface area contributed by atoms with Gasteiger partial charge in [0, 0.05) is 0 Å². The molecule has 1 rings (SSSR count). The van der Waals surface area contributed by atoms with Gasteiger partial charge in [-0.2, -0.15) is 0 Å². The Morgan fingerprint density at radius 1 is 1.44 bits per heavy atom. The van der Waals surface area contributed by atoms with E-state index in [2.05, 4.69) is 0 Å². The Morgan fingerprint density at radius 3 is 2.44 bits per heavy atom. The zero-order valence-corrected chi connectivity index (χ0v) is 10.6. The molecular weight excluding hydrogens is 208 g/mol. The first kappa shape index (κ1) is 13.0. The van der Waals surface area contributed by atoms with E-state index in [9.17, 15) is 9.59 Å². The van der Waals surface area contributed by atoms with Crippen molar-refractivity contribution >= 4 is 11.9 Å². The summed E-state index contributed by atoms with van der Waals surface area (Å²) in [5.41, 5.74) is -0.252. The van der Waals surface area contributed by atoms with Gasteiger partial charge in [0.1, 0.15) is 12.0 Å². The summed E-state index contributed by atoms with van der Waals surface area (Å²) in [7, 11) is 0. The molecule has 0 saturated carbocycles. The predicted molar refractivity (Wildman–Crippen MR) is 58.6 cm³/mol. The lowest BCUT2D eigenvalue weighted by molar-refractivity contribution is -0.154. The first-order chi connectivity index (χ1) is 7.29. The van der Waals surface area contributed by atoms with Gasteiger partial charge < -0.3 is 9.47 Å². The van der Waals surface area contributed by atoms with Crippen LogP contribution >= 0.6 is 0 Å². The van der Waals surface area contributed by atoms with Crippen molar-refractivity contribution in [3.05, 3.63) is 0 Å². The molecule has 1 heterocycles. The highest BCUT2D eigenvalue weighted by molar-refractivity contribution is 5.85. The van der Waals surface area contributed by atoms with Crippen molar-refractivity contribution in [2.75, 3.05) is 6.61 Å². The van der Waals surface area contributed by atoms with Crippen molar-refractivity contribution in [1.82, 2.24) is 0 Å². The maximum Gasteiger partial charge on any atom is 0.313 e. The van der Waals surface area contributed by atoms with Crippen LogP contribution in [-0.2, 0) is 19.1 Å². The molecule has 0 unspecified atom stereocenters. The monoisotopic (exact) mass is 228 g/mol. The Morgan fingerprint density at radius 2 is 2.00 bits per heavy atom. The van der Waals surface area contributed by atoms with E-state index < -0.39 is 17.9 Å². The number of cyclic esters (lactones) is 1. The minimum atomic E-state index is -0.479. The maximum absolute atomic E-state index is 11.8. The second kappa shape index (κ2) is 4.44. The van der Waals surface area contributed by atoms with Crippen molar-refractivity contribution in [2.24, 2.45) is 17.3 Å². The lowest BCUT2D eigenvalue weighted by atomic mass is 9.78. The molecule has 0 aromatic rings. The third-order valence-corrected chi connectivity index (χ3v) is 2.89. The Labute approximate surface area is 96.3 Å². The van der Waals surface area contributed by atoms with Crippen LogP contribution in [0.25, 0.3) is 0 Å². The minimum absolute atomic E-state index is 0.252. The van der Waals surface area contributed by atoms with Crippen LogP contribution in [0.4, 0.5) is 0 Å². The maximum atomic E-state index is 11.8. The molecule has 1 aliphatic heterocycles. The van der Waals surface area contributed by atoms with Gasteiger partial charge in [-0.05, 0) is 12.3 Å². The summed E-state index contributed by atoms with van der Waals surface area (Å²) >= 11 is 0. The third kappa shape index (κ3) is 2.36. The van der Waals surface area contributed by atoms with Crippen LogP contribution < -0.4 is 0 Å². The van der Waals surface area contributed by atoms with Crippen molar-refractivity contribution in [1.29, 1.82) is 0 Å². The van der Waals surface area contributed by atoms with Crippen LogP contribution in [-0.4, -0.2) is 24.6 Å². The van der Waals surface area contributed by atoms with E-state index in [4.69, 9.17) is 9.47 Å². The number of ether oxygens (including phenoxy) is 2. The number of hydrogen-bond acceptors (Lipinski definition) is 4. The molecule has 0 aliphatic carbocycles. The van der Waals surface area contributed by atoms with Crippen LogP contribution in [0.2, 0.25) is 0 Å². The fraction of sp³-hybridized carbons (Fsp3) is 0.833. The van der Waals surface area contributed by atoms with Gasteiger partial charge in [0.2, 0.25) is 0 Å². The summed E-state index contributed by atoms with van der Waals surface area (Å²) < 4.78 is 10.3. The summed E-state index contributed by atoms with van der Waals surface area (Å²) in [4.78, 5) is 23.3. The van der Waals surface area contributed by atoms with E-state index in [1.807, 2.05) is 20.8 Å². The number of carbonyl (C=O) groups excluding carboxylic acids is 2. The molecule has 16 heavy (non-hydrogen) atoms. The van der Waals surface area contributed by atoms with Crippen molar-refractivity contribution in [3.63, 3.8) is 0 Å². The van der Waals surface area contributed by atoms with E-state index in [1.165, 1.54) is 0 Å². The fourth-order valence-corrected chi connectivity index (χ4v) is 2.00. The zero-order chi connectivity index (χ0) is 12.5. The highest BCUT2D eigenvalue weighted by atomic mass is 16.6. The molecule has 0 amide bonds. The van der Waals surface area contributed by atoms with Gasteiger partial charge in [0.25, 0.3) is 0 Å². The standard InChI is InChI=1S/C12H20O4/c1-6-15-11(14)8-7(2)10(13)16-9(8)12(3,4)5/h7-9H,6H2,1-5H3/t7-,8-,9-/m1/s1. The van der Waals surface area contributed by atoms with E-state index in [0.717, 1.165) is 0 Å². The molecule has 1 saturated heterocycles. The molecule has 0 aromatic carbocycles. The molecule has 92 valence electrons. The molecule has 1 aliphatic rings. The quantitative estimate of drug-likeness (QED) is 0.676. The van der Waals surface area contributed by atoms with E-state index in [-0.39, 0.29) is 17.4 Å². The average Bonchev–Trinajstić information content (AvgIpc) is 2.43. The smallest absolute Gasteiger partial charge is 0.313 e. The summed E-state index contributed by atoms with van der Waals surface area (Å²) in [6.45, 7) is 9.66. The van der Waals surface area contributed by atoms with Gasteiger partial charge in [0.15, 0.2) is 0 Å². The summed E-state index contributed by atoms with van der Waals surface area (Å²) in [6.07, 6.45) is -0.394. The average molecular weight is 228 g/mol. The Bertz CT molecular complexity index is 290. The van der Waals surface area contributed by atoms with Gasteiger partial charge in [-0.3, -0.25) is 9.59 Å². The van der Waals surface area contributed by atoms with Gasteiger partial charge in [-0.15, -0.1) is 0 Å². The van der Waals surface area contributed by atoms with E-state index >= 15 is 0 Å². The van der Waals surface area contributed by atoms with Crippen LogP contribution in [0.5, 0.6) is 0 Å². The molecule has 1 fully saturated rings. The van der Waals surface area contributed by atoms with Gasteiger partial charge in [-0.25, -0.2) is 0 Å². The lowest BCUT2D eigenvalue weighted by Crippen LogP contribution is -2.38. The van der Waals surface area contributed by atoms with Gasteiger partial charge >= 0.3 is 11.9 Å². The van der Waals surface area contributed by atoms with Crippen LogP contribution in [0.1, 0.15) is 34.6 Å². The molecule has 0 radical (unpaired) electrons. The topological polar surface area (TPSA) is 52.6 Å². The SMILES string of the molecule is CCOC(=O)[C@H]1[C@H](C(C)(C)C)OC(=O)[C@@H]1C. The van der Waals surface area contributed by atoms with E-state index in [0.29, 0.717) is 6.61 Å². The molecule has 4 heteroatoms. The van der Waals surface area contributed by atoms with Gasteiger partial charge in [0.05, 0.1) is 12.5 Å². The lowest BCUT2D eigenvalue weighted by Gasteiger charge is -2.29. The highest BCUT2D eigenvalue weighted by Crippen LogP contribution is 2.39. The second-order valence-corrected chi connectivity index (χ2v) is 5.29. The first-order valence-corrected chi connectivity index (χ1v) is 5.66. The van der Waals surface area contributed by atoms with Crippen molar-refractivity contribution in [3.8, 4) is 0 Å². The molecule has 3 atom stereocenters. The number of rotatable bonds is 2. The minimum Gasteiger partial charge on any atom is -0.466 e. The summed E-state index contributed by atoms with van der Waals surface area (Å²) in [5.74, 6) is -1.53. The Kier molecular flexibility index (Phi) is 3.61. The van der Waals surface area contributed by atoms with E-state index in [1.54, 1.807) is 13.8 Å². The third-order valence-electron chi connectivity index (χ3n) is 2.89. The molecule has 4 nitrogen and oxygen atoms in total. The summed E-state index contributed by atoms with van der Waals surface area (Å²) in [6, 6.07) is 0. The highest BCUT2D eigenvalue weighted by Gasteiger charge is 2.51. The Hall–Kier alpha value is -1.06. The molecular formula is C12H20O4. The zero-order valence-electron chi connectivity index (χ0n) is 10.6. The van der Waals surface area contributed by atoms with Crippen LogP contribution in [0, 0.1) is 17.3 Å². The number of carbonyl (C=O) groups is 2. The normalized spacial score (nSPS) is 30.1. The predicted octanol–water partition coefficient (Wildman–Crippen LogP) is 1.77. The second-order valence-electron chi connectivity index (χ2n) is 5.29. The number of hydrogen-bond donors (Lipinski definition) is 0. The van der Waals surface area contributed by atoms with Crippen molar-refractivity contribution in [2.45, 2.75) is 40.7 Å². The Balaban J connectivity index is 2.92. The van der Waals surface area contributed by atoms with Crippen LogP contribution in [0.3, 0.4) is 0 Å². The van der Waals surface area contributed by atoms with Gasteiger partial charge in [-0.1, -0.05) is 27.7 Å². The molecule has 0 spiro atoms. The fourth-order valence-electron chi connectivity index (χ4n) is 2.00. The largest absolute Gasteiger partial charge is 0.466 e. The molecule has 0 aromatic heterocycles. The first-order valence-electron chi connectivity index (χ1n) is 5.66. The summed E-state index contributed by atoms with van der Waals surface area (Å²) in [5, 5.41) is 0. The van der Waals surface area contributed by atoms with Crippen LogP contribution in [0.15, 0.2) is 0 Å². The molecule has 0 bridgehead atoms.